The van der Waals surface area contributed by atoms with Crippen LogP contribution >= 0.6 is 11.6 Å². The summed E-state index contributed by atoms with van der Waals surface area (Å²) in [5, 5.41) is 3.15. The number of nitrogens with one attached hydrogen (secondary N) is 1. The smallest absolute Gasteiger partial charge is 0.340 e. The van der Waals surface area contributed by atoms with Crippen LogP contribution in [0.1, 0.15) is 41.6 Å². The lowest BCUT2D eigenvalue weighted by Gasteiger charge is -2.36. The highest BCUT2D eigenvalue weighted by molar-refractivity contribution is 6.30. The van der Waals surface area contributed by atoms with E-state index in [-0.39, 0.29) is 41.3 Å². The highest BCUT2D eigenvalue weighted by Crippen LogP contribution is 2.38. The van der Waals surface area contributed by atoms with E-state index in [2.05, 4.69) is 10.3 Å². The Balaban J connectivity index is 1.93. The number of amides is 1. The molecule has 1 heterocycles. The van der Waals surface area contributed by atoms with Crippen LogP contribution in [0.3, 0.4) is 0 Å². The molecule has 4 nitrogen and oxygen atoms in total. The van der Waals surface area contributed by atoms with E-state index >= 15 is 0 Å². The molecule has 0 spiro atoms. The Morgan fingerprint density at radius 1 is 1.06 bits per heavy atom. The van der Waals surface area contributed by atoms with Crippen LogP contribution < -0.4 is 5.32 Å². The summed E-state index contributed by atoms with van der Waals surface area (Å²) in [6.45, 7) is 0. The van der Waals surface area contributed by atoms with Crippen LogP contribution in [0.25, 0.3) is 0 Å². The van der Waals surface area contributed by atoms with Gasteiger partial charge in [0.1, 0.15) is 17.1 Å². The van der Waals surface area contributed by atoms with E-state index in [9.17, 15) is 27.2 Å². The van der Waals surface area contributed by atoms with Crippen molar-refractivity contribution in [3.63, 3.8) is 0 Å². The molecule has 0 aliphatic heterocycles. The number of aromatic nitrogens is 1. The third kappa shape index (κ3) is 5.53. The van der Waals surface area contributed by atoms with Gasteiger partial charge in [-0.2, -0.15) is 13.2 Å². The number of alkyl halides is 3. The van der Waals surface area contributed by atoms with Crippen LogP contribution in [0, 0.1) is 11.7 Å². The average Bonchev–Trinajstić information content (AvgIpc) is 3.25. The van der Waals surface area contributed by atoms with Gasteiger partial charge in [0.25, 0.3) is 0 Å². The Morgan fingerprint density at radius 3 is 2.37 bits per heavy atom. The van der Waals surface area contributed by atoms with Crippen molar-refractivity contribution in [2.24, 2.45) is 5.92 Å². The summed E-state index contributed by atoms with van der Waals surface area (Å²) in [5.74, 6) is -2.32. The van der Waals surface area contributed by atoms with Crippen molar-refractivity contribution in [2.45, 2.75) is 37.4 Å². The van der Waals surface area contributed by atoms with Crippen LogP contribution in [-0.4, -0.2) is 16.7 Å². The summed E-state index contributed by atoms with van der Waals surface area (Å²) < 4.78 is 55.5. The summed E-state index contributed by atoms with van der Waals surface area (Å²) in [4.78, 5) is 29.5. The van der Waals surface area contributed by atoms with Gasteiger partial charge >= 0.3 is 6.18 Å². The van der Waals surface area contributed by atoms with Gasteiger partial charge in [0.15, 0.2) is 0 Å². The molecule has 0 saturated heterocycles. The second-order valence-corrected chi connectivity index (χ2v) is 9.06. The topological polar surface area (TPSA) is 59.1 Å². The second kappa shape index (κ2) is 9.77. The van der Waals surface area contributed by atoms with Gasteiger partial charge in [0.05, 0.1) is 16.3 Å². The van der Waals surface area contributed by atoms with Crippen LogP contribution in [0.15, 0.2) is 66.9 Å². The number of benzene rings is 2. The molecule has 1 aliphatic rings. The van der Waals surface area contributed by atoms with Crippen molar-refractivity contribution in [3.05, 3.63) is 100 Å². The van der Waals surface area contributed by atoms with Gasteiger partial charge in [-0.3, -0.25) is 14.6 Å². The van der Waals surface area contributed by atoms with Crippen molar-refractivity contribution < 1.29 is 27.2 Å². The average molecular weight is 505 g/mol. The summed E-state index contributed by atoms with van der Waals surface area (Å²) in [6.07, 6.45) is -2.90. The molecule has 3 aromatic rings. The zero-order valence-corrected chi connectivity index (χ0v) is 19.2. The van der Waals surface area contributed by atoms with Gasteiger partial charge in [-0.1, -0.05) is 41.9 Å². The van der Waals surface area contributed by atoms with Gasteiger partial charge in [0.2, 0.25) is 5.91 Å². The van der Waals surface area contributed by atoms with Crippen molar-refractivity contribution in [3.8, 4) is 0 Å². The molecule has 35 heavy (non-hydrogen) atoms. The predicted molar refractivity (Wildman–Crippen MR) is 122 cm³/mol. The molecule has 2 atom stereocenters. The molecule has 4 rings (SSSR count). The summed E-state index contributed by atoms with van der Waals surface area (Å²) in [6, 6.07) is 14.0. The van der Waals surface area contributed by atoms with Crippen molar-refractivity contribution in [1.29, 1.82) is 0 Å². The Bertz CT molecular complexity index is 1230. The van der Waals surface area contributed by atoms with Gasteiger partial charge in [-0.05, 0) is 47.9 Å². The lowest BCUT2D eigenvalue weighted by atomic mass is 9.79. The van der Waals surface area contributed by atoms with E-state index < -0.39 is 34.9 Å². The molecule has 1 aromatic heterocycles. The fraction of sp³-hybridized carbons (Fsp3) is 0.269. The van der Waals surface area contributed by atoms with Crippen LogP contribution in [0.5, 0.6) is 0 Å². The molecule has 1 aliphatic carbocycles. The minimum atomic E-state index is -4.81. The maximum atomic E-state index is 14.6. The number of nitrogens with zero attached hydrogens (tertiary/aromatic N) is 1. The third-order valence-corrected chi connectivity index (χ3v) is 6.37. The molecule has 9 heteroatoms. The Kier molecular flexibility index (Phi) is 6.94. The van der Waals surface area contributed by atoms with Crippen LogP contribution in [0.4, 0.5) is 17.6 Å². The van der Waals surface area contributed by atoms with E-state index in [1.807, 2.05) is 0 Å². The summed E-state index contributed by atoms with van der Waals surface area (Å²) in [7, 11) is 0. The molecule has 1 unspecified atom stereocenters. The quantitative estimate of drug-likeness (QED) is 0.427. The fourth-order valence-electron chi connectivity index (χ4n) is 4.40. The van der Waals surface area contributed by atoms with Gasteiger partial charge in [-0.15, -0.1) is 0 Å². The number of hydrogen-bond donors (Lipinski definition) is 1. The molecule has 2 aromatic carbocycles. The lowest BCUT2D eigenvalue weighted by Crippen LogP contribution is -2.51. The van der Waals surface area contributed by atoms with Gasteiger partial charge in [0, 0.05) is 31.4 Å². The van der Waals surface area contributed by atoms with E-state index in [0.29, 0.717) is 18.1 Å². The highest BCUT2D eigenvalue weighted by Gasteiger charge is 2.42. The first-order chi connectivity index (χ1) is 16.6. The molecule has 1 saturated carbocycles. The minimum absolute atomic E-state index is 0.0182. The van der Waals surface area contributed by atoms with E-state index in [1.54, 1.807) is 30.3 Å². The molecular weight excluding hydrogens is 484 g/mol. The molecule has 182 valence electrons. The van der Waals surface area contributed by atoms with Crippen LogP contribution in [0.2, 0.25) is 5.02 Å². The number of Topliss-reactive ketones (excluding diaryl/α,β-unsaturated/α-hetero) is 1. The Hall–Kier alpha value is -3.26. The third-order valence-electron chi connectivity index (χ3n) is 6.15. The molecular formula is C26H21ClF4N2O2. The summed E-state index contributed by atoms with van der Waals surface area (Å²) >= 11 is 6.01. The van der Waals surface area contributed by atoms with E-state index in [1.165, 1.54) is 18.3 Å². The largest absolute Gasteiger partial charge is 0.416 e. The fourth-order valence-corrected chi connectivity index (χ4v) is 4.51. The highest BCUT2D eigenvalue weighted by atomic mass is 35.5. The van der Waals surface area contributed by atoms with Gasteiger partial charge in [-0.25, -0.2) is 4.39 Å². The van der Waals surface area contributed by atoms with E-state index in [0.717, 1.165) is 12.1 Å². The normalized spacial score (nSPS) is 17.7. The first kappa shape index (κ1) is 24.9. The standard InChI is InChI=1S/C26H21ClF4N2O2/c27-20-7-9-23(32-15-20)25(14-16-4-2-1-3-5-16,33-24(35)17-6-8-22(34)10-17)18-11-19(26(29,30)31)13-21(28)12-18/h1-5,7,9,11-13,15,17H,6,8,10,14H2,(H,33,35)/t17?,25-/m1/s1. The maximum absolute atomic E-state index is 14.6. The minimum Gasteiger partial charge on any atom is -0.340 e. The van der Waals surface area contributed by atoms with Crippen molar-refractivity contribution >= 4 is 23.3 Å². The van der Waals surface area contributed by atoms with Crippen LogP contribution in [-0.2, 0) is 27.7 Å². The molecule has 1 fully saturated rings. The molecule has 1 N–H and O–H groups in total. The predicted octanol–water partition coefficient (Wildman–Crippen LogP) is 5.86. The maximum Gasteiger partial charge on any atom is 0.416 e. The SMILES string of the molecule is O=C1CCC(C(=O)N[C@](Cc2ccccc2)(c2cc(F)cc(C(F)(F)F)c2)c2ccc(Cl)cn2)C1. The number of halogens is 5. The number of carbonyl (C=O) groups is 2. The Labute approximate surface area is 204 Å². The number of pyridine rings is 1. The zero-order chi connectivity index (χ0) is 25.2. The first-order valence-corrected chi connectivity index (χ1v) is 11.3. The van der Waals surface area contributed by atoms with Crippen molar-refractivity contribution in [1.82, 2.24) is 10.3 Å². The number of ketones is 1. The zero-order valence-electron chi connectivity index (χ0n) is 18.4. The molecule has 0 radical (unpaired) electrons. The second-order valence-electron chi connectivity index (χ2n) is 8.62. The van der Waals surface area contributed by atoms with E-state index in [4.69, 9.17) is 11.6 Å². The Morgan fingerprint density at radius 2 is 1.77 bits per heavy atom. The molecule has 1 amide bonds. The van der Waals surface area contributed by atoms with Gasteiger partial charge < -0.3 is 5.32 Å². The lowest BCUT2D eigenvalue weighted by molar-refractivity contribution is -0.137. The first-order valence-electron chi connectivity index (χ1n) is 10.9. The number of hydrogen-bond acceptors (Lipinski definition) is 3. The monoisotopic (exact) mass is 504 g/mol. The summed E-state index contributed by atoms with van der Waals surface area (Å²) in [5.41, 5.74) is -2.13. The molecule has 0 bridgehead atoms. The number of rotatable bonds is 6. The number of carbonyl (C=O) groups excluding carboxylic acids is 2. The van der Waals surface area contributed by atoms with Crippen molar-refractivity contribution in [2.75, 3.05) is 0 Å².